The fourth-order valence-electron chi connectivity index (χ4n) is 2.56. The minimum Gasteiger partial charge on any atom is -0.457 e. The van der Waals surface area contributed by atoms with Crippen LogP contribution in [0, 0.1) is 13.8 Å². The Morgan fingerprint density at radius 1 is 0.739 bits per heavy atom. The van der Waals surface area contributed by atoms with E-state index < -0.39 is 12.3 Å². The van der Waals surface area contributed by atoms with Crippen LogP contribution in [0.1, 0.15) is 22.3 Å². The molecule has 2 aromatic carbocycles. The van der Waals surface area contributed by atoms with E-state index in [1.165, 1.54) is 0 Å². The van der Waals surface area contributed by atoms with Crippen LogP contribution in [0.5, 0.6) is 11.5 Å². The van der Waals surface area contributed by atoms with Crippen LogP contribution in [0.3, 0.4) is 0 Å². The quantitative estimate of drug-likeness (QED) is 0.606. The van der Waals surface area contributed by atoms with Crippen molar-refractivity contribution in [1.82, 2.24) is 0 Å². The Balaban J connectivity index is 2.35. The topological polar surface area (TPSA) is 113 Å². The van der Waals surface area contributed by atoms with E-state index in [0.717, 1.165) is 33.8 Å². The Morgan fingerprint density at radius 2 is 1.13 bits per heavy atom. The van der Waals surface area contributed by atoms with Gasteiger partial charge in [0, 0.05) is 12.8 Å². The van der Waals surface area contributed by atoms with Gasteiger partial charge in [-0.05, 0) is 37.1 Å². The summed E-state index contributed by atoms with van der Waals surface area (Å²) in [6.45, 7) is 4.06. The molecule has 0 heterocycles. The highest BCUT2D eigenvalue weighted by Gasteiger charge is 2.12. The third kappa shape index (κ3) is 5.04. The Hall–Kier alpha value is -1.92. The Morgan fingerprint density at radius 3 is 1.48 bits per heavy atom. The molecule has 2 rings (SSSR count). The van der Waals surface area contributed by atoms with Gasteiger partial charge >= 0.3 is 0 Å². The van der Waals surface area contributed by atoms with Gasteiger partial charge in [-0.25, -0.2) is 0 Å². The molecule has 0 aliphatic carbocycles. The van der Waals surface area contributed by atoms with Crippen LogP contribution in [-0.2, 0) is 12.8 Å². The van der Waals surface area contributed by atoms with Crippen LogP contribution in [0.2, 0.25) is 0 Å². The number of ether oxygens (including phenoxy) is 1. The van der Waals surface area contributed by atoms with Gasteiger partial charge in [0.05, 0.1) is 12.3 Å². The van der Waals surface area contributed by atoms with Crippen molar-refractivity contribution in [3.05, 3.63) is 58.7 Å². The van der Waals surface area contributed by atoms with E-state index in [1.54, 1.807) is 0 Å². The van der Waals surface area contributed by atoms with E-state index in [0.29, 0.717) is 12.8 Å². The van der Waals surface area contributed by atoms with Gasteiger partial charge in [0.2, 0.25) is 0 Å². The van der Waals surface area contributed by atoms with Gasteiger partial charge in [0.25, 0.3) is 0 Å². The van der Waals surface area contributed by atoms with Gasteiger partial charge in [0.1, 0.15) is 11.5 Å². The first-order valence-corrected chi connectivity index (χ1v) is 7.74. The van der Waals surface area contributed by atoms with Gasteiger partial charge in [-0.15, -0.1) is 0 Å². The van der Waals surface area contributed by atoms with Crippen LogP contribution in [0.4, 0.5) is 0 Å². The molecule has 0 radical (unpaired) electrons. The molecule has 8 N–H and O–H groups in total. The van der Waals surface area contributed by atoms with Crippen molar-refractivity contribution < 1.29 is 4.74 Å². The molecular weight excluding hydrogens is 288 g/mol. The lowest BCUT2D eigenvalue weighted by atomic mass is 10.0. The van der Waals surface area contributed by atoms with Crippen LogP contribution < -0.4 is 27.7 Å². The largest absolute Gasteiger partial charge is 0.457 e. The lowest BCUT2D eigenvalue weighted by Crippen LogP contribution is -2.33. The van der Waals surface area contributed by atoms with E-state index in [4.69, 9.17) is 27.7 Å². The average molecular weight is 314 g/mol. The molecule has 0 aromatic heterocycles. The van der Waals surface area contributed by atoms with Gasteiger partial charge in [0.15, 0.2) is 0 Å². The second-order valence-electron chi connectivity index (χ2n) is 6.06. The molecule has 0 unspecified atom stereocenters. The first-order chi connectivity index (χ1) is 10.8. The van der Waals surface area contributed by atoms with Crippen LogP contribution >= 0.6 is 0 Å². The molecule has 0 fully saturated rings. The average Bonchev–Trinajstić information content (AvgIpc) is 2.43. The van der Waals surface area contributed by atoms with Crippen molar-refractivity contribution in [1.29, 1.82) is 0 Å². The highest BCUT2D eigenvalue weighted by Crippen LogP contribution is 2.30. The SMILES string of the molecule is Cc1ccc(Oc2ccc(C)cc2CC(N)N)c(CC(N)N)c1. The van der Waals surface area contributed by atoms with Gasteiger partial charge in [-0.2, -0.15) is 0 Å². The highest BCUT2D eigenvalue weighted by atomic mass is 16.5. The third-order valence-electron chi connectivity index (χ3n) is 3.56. The summed E-state index contributed by atoms with van der Waals surface area (Å²) in [5, 5.41) is 0. The predicted molar refractivity (Wildman–Crippen MR) is 94.2 cm³/mol. The summed E-state index contributed by atoms with van der Waals surface area (Å²) in [5.74, 6) is 1.51. The van der Waals surface area contributed by atoms with Crippen LogP contribution in [-0.4, -0.2) is 12.3 Å². The maximum absolute atomic E-state index is 6.13. The lowest BCUT2D eigenvalue weighted by Gasteiger charge is -2.17. The zero-order valence-electron chi connectivity index (χ0n) is 13.8. The number of rotatable bonds is 6. The molecule has 5 heteroatoms. The van der Waals surface area contributed by atoms with Crippen molar-refractivity contribution in [2.75, 3.05) is 0 Å². The molecule has 0 atom stereocenters. The molecule has 0 spiro atoms. The Bertz CT molecular complexity index is 611. The first kappa shape index (κ1) is 17.4. The first-order valence-electron chi connectivity index (χ1n) is 7.74. The number of nitrogens with two attached hydrogens (primary N) is 4. The normalized spacial score (nSPS) is 11.3. The van der Waals surface area contributed by atoms with E-state index in [9.17, 15) is 0 Å². The second kappa shape index (κ2) is 7.57. The summed E-state index contributed by atoms with van der Waals surface area (Å²) in [4.78, 5) is 0. The molecule has 0 aliphatic heterocycles. The number of benzene rings is 2. The van der Waals surface area contributed by atoms with E-state index in [1.807, 2.05) is 50.2 Å². The molecule has 2 aromatic rings. The van der Waals surface area contributed by atoms with E-state index in [-0.39, 0.29) is 0 Å². The van der Waals surface area contributed by atoms with E-state index >= 15 is 0 Å². The highest BCUT2D eigenvalue weighted by molar-refractivity contribution is 5.44. The van der Waals surface area contributed by atoms with Crippen LogP contribution in [0.25, 0.3) is 0 Å². The maximum Gasteiger partial charge on any atom is 0.130 e. The van der Waals surface area contributed by atoms with Crippen molar-refractivity contribution in [3.63, 3.8) is 0 Å². The minimum atomic E-state index is -0.422. The summed E-state index contributed by atoms with van der Waals surface area (Å²) < 4.78 is 6.13. The fraction of sp³-hybridized carbons (Fsp3) is 0.333. The minimum absolute atomic E-state index is 0.422. The smallest absolute Gasteiger partial charge is 0.130 e. The molecule has 0 aliphatic rings. The molecule has 0 bridgehead atoms. The standard InChI is InChI=1S/C18H26N4O/c1-11-3-5-15(13(7-11)9-17(19)20)23-16-6-4-12(2)8-14(16)10-18(21)22/h3-8,17-18H,9-10,19-22H2,1-2H3. The predicted octanol–water partition coefficient (Wildman–Crippen LogP) is 1.67. The monoisotopic (exact) mass is 314 g/mol. The summed E-state index contributed by atoms with van der Waals surface area (Å²) in [5.41, 5.74) is 27.2. The number of hydrogen-bond acceptors (Lipinski definition) is 5. The van der Waals surface area contributed by atoms with Crippen LogP contribution in [0.15, 0.2) is 36.4 Å². The zero-order valence-corrected chi connectivity index (χ0v) is 13.8. The Kier molecular flexibility index (Phi) is 5.74. The molecule has 0 saturated heterocycles. The number of hydrogen-bond donors (Lipinski definition) is 4. The van der Waals surface area contributed by atoms with Gasteiger partial charge in [-0.3, -0.25) is 0 Å². The second-order valence-corrected chi connectivity index (χ2v) is 6.06. The summed E-state index contributed by atoms with van der Waals surface area (Å²) in [6.07, 6.45) is 0.256. The lowest BCUT2D eigenvalue weighted by molar-refractivity contribution is 0.464. The number of aryl methyl sites for hydroxylation is 2. The molecule has 0 saturated carbocycles. The third-order valence-corrected chi connectivity index (χ3v) is 3.56. The Labute approximate surface area is 137 Å². The van der Waals surface area contributed by atoms with Gasteiger partial charge in [-0.1, -0.05) is 35.4 Å². The van der Waals surface area contributed by atoms with Crippen molar-refractivity contribution in [2.24, 2.45) is 22.9 Å². The molecule has 23 heavy (non-hydrogen) atoms. The molecule has 5 nitrogen and oxygen atoms in total. The summed E-state index contributed by atoms with van der Waals surface area (Å²) >= 11 is 0. The van der Waals surface area contributed by atoms with E-state index in [2.05, 4.69) is 0 Å². The van der Waals surface area contributed by atoms with Gasteiger partial charge < -0.3 is 27.7 Å². The molecule has 124 valence electrons. The summed E-state index contributed by atoms with van der Waals surface area (Å²) in [7, 11) is 0. The van der Waals surface area contributed by atoms with Crippen molar-refractivity contribution in [2.45, 2.75) is 39.0 Å². The zero-order chi connectivity index (χ0) is 17.0. The molecule has 0 amide bonds. The van der Waals surface area contributed by atoms with Crippen molar-refractivity contribution in [3.8, 4) is 11.5 Å². The molecular formula is C18H26N4O. The van der Waals surface area contributed by atoms with Crippen molar-refractivity contribution >= 4 is 0 Å². The fourth-order valence-corrected chi connectivity index (χ4v) is 2.56. The summed E-state index contributed by atoms with van der Waals surface area (Å²) in [6, 6.07) is 12.0. The maximum atomic E-state index is 6.13.